The summed E-state index contributed by atoms with van der Waals surface area (Å²) in [6, 6.07) is 16.6. The van der Waals surface area contributed by atoms with E-state index in [0.717, 1.165) is 24.2 Å². The molecule has 0 bridgehead atoms. The Labute approximate surface area is 275 Å². The van der Waals surface area contributed by atoms with Gasteiger partial charge in [-0.15, -0.1) is 0 Å². The second-order valence-corrected chi connectivity index (χ2v) is 11.4. The molecule has 0 saturated carbocycles. The zero-order valence-corrected chi connectivity index (χ0v) is 26.2. The third-order valence-electron chi connectivity index (χ3n) is 8.32. The first-order valence-electron chi connectivity index (χ1n) is 15.5. The number of carbonyl (C=O) groups is 3. The van der Waals surface area contributed by atoms with Crippen LogP contribution in [-0.4, -0.2) is 63.7 Å². The Morgan fingerprint density at radius 2 is 1.85 bits per heavy atom. The van der Waals surface area contributed by atoms with Crippen LogP contribution in [-0.2, 0) is 9.47 Å². The van der Waals surface area contributed by atoms with Gasteiger partial charge < -0.3 is 24.9 Å². The molecule has 2 amide bonds. The van der Waals surface area contributed by atoms with E-state index in [9.17, 15) is 14.4 Å². The molecule has 3 aromatic heterocycles. The lowest BCUT2D eigenvalue weighted by molar-refractivity contribution is 0.0340. The second kappa shape index (κ2) is 12.7. The van der Waals surface area contributed by atoms with Crippen molar-refractivity contribution in [3.05, 3.63) is 101 Å². The molecule has 1 saturated heterocycles. The fourth-order valence-corrected chi connectivity index (χ4v) is 5.93. The molecule has 0 radical (unpaired) electrons. The van der Waals surface area contributed by atoms with Gasteiger partial charge in [0, 0.05) is 36.2 Å². The molecule has 13 heteroatoms. The van der Waals surface area contributed by atoms with Crippen molar-refractivity contribution >= 4 is 46.5 Å². The van der Waals surface area contributed by atoms with Gasteiger partial charge in [-0.25, -0.2) is 24.3 Å². The summed E-state index contributed by atoms with van der Waals surface area (Å²) in [7, 11) is 1.30. The maximum Gasteiger partial charge on any atom is 0.337 e. The van der Waals surface area contributed by atoms with Gasteiger partial charge in [-0.1, -0.05) is 12.1 Å². The van der Waals surface area contributed by atoms with Crippen molar-refractivity contribution in [1.82, 2.24) is 19.7 Å². The number of benzene rings is 2. The van der Waals surface area contributed by atoms with Crippen molar-refractivity contribution in [1.29, 1.82) is 5.41 Å². The number of anilines is 2. The van der Waals surface area contributed by atoms with Gasteiger partial charge in [-0.2, -0.15) is 5.10 Å². The van der Waals surface area contributed by atoms with E-state index in [2.05, 4.69) is 10.4 Å². The number of aromatic nitrogens is 4. The van der Waals surface area contributed by atoms with Crippen molar-refractivity contribution in [2.45, 2.75) is 38.5 Å². The number of nitrogens with zero attached hydrogens (tertiary/aromatic N) is 5. The zero-order valence-electron chi connectivity index (χ0n) is 26.2. The van der Waals surface area contributed by atoms with E-state index in [0.29, 0.717) is 45.8 Å². The number of rotatable bonds is 9. The number of amides is 2. The summed E-state index contributed by atoms with van der Waals surface area (Å²) in [4.78, 5) is 50.3. The van der Waals surface area contributed by atoms with Crippen LogP contribution in [0.4, 0.5) is 11.6 Å². The monoisotopic (exact) mass is 645 g/mol. The van der Waals surface area contributed by atoms with Crippen molar-refractivity contribution in [2.75, 3.05) is 23.9 Å². The molecule has 2 aromatic carbocycles. The standard InChI is InChI=1S/C35H31N7O6/c1-20(30-27(41-14-7-13-37-41)17-23(19-36)31(40-30)39-29-10-5-6-15-47-29)48-28-18-22-16-21(35(45)46-2)11-12-26(22)38-32(28)42-33(43)24-8-3-4-9-25(24)34(42)44/h3-4,7-9,11-14,16-20,29,36H,5-6,10,15H2,1-2H3,(H,39,40)/t20-,29-/m0/s1. The first-order valence-corrected chi connectivity index (χ1v) is 15.5. The number of esters is 1. The molecule has 13 nitrogen and oxygen atoms in total. The van der Waals surface area contributed by atoms with Gasteiger partial charge in [0.1, 0.15) is 23.8 Å². The number of fused-ring (bicyclic) bond motifs is 2. The Balaban J connectivity index is 1.35. The molecule has 2 aliphatic rings. The van der Waals surface area contributed by atoms with Crippen molar-refractivity contribution in [2.24, 2.45) is 0 Å². The molecule has 5 heterocycles. The van der Waals surface area contributed by atoms with E-state index in [-0.39, 0.29) is 28.9 Å². The van der Waals surface area contributed by atoms with Gasteiger partial charge in [0.15, 0.2) is 11.6 Å². The molecule has 48 heavy (non-hydrogen) atoms. The lowest BCUT2D eigenvalue weighted by Crippen LogP contribution is -2.31. The molecule has 2 atom stereocenters. The van der Waals surface area contributed by atoms with Crippen molar-refractivity contribution < 1.29 is 28.6 Å². The Morgan fingerprint density at radius 3 is 2.52 bits per heavy atom. The number of pyridine rings is 2. The van der Waals surface area contributed by atoms with Crippen molar-refractivity contribution in [3.63, 3.8) is 0 Å². The number of imide groups is 1. The molecule has 5 aromatic rings. The second-order valence-electron chi connectivity index (χ2n) is 11.4. The first-order chi connectivity index (χ1) is 23.4. The number of nitrogens with one attached hydrogen (secondary N) is 2. The molecular formula is C35H31N7O6. The van der Waals surface area contributed by atoms with Crippen LogP contribution >= 0.6 is 0 Å². The lowest BCUT2D eigenvalue weighted by Gasteiger charge is -2.26. The SMILES string of the molecule is COC(=O)c1ccc2nc(N3C(=O)c4ccccc4C3=O)c(O[C@@H](C)c3nc(N[C@@H]4CCCCO4)c(C=N)cc3-n3cccn3)cc2c1. The van der Waals surface area contributed by atoms with Gasteiger partial charge in [0.25, 0.3) is 11.8 Å². The van der Waals surface area contributed by atoms with Crippen LogP contribution in [0.15, 0.2) is 73.1 Å². The van der Waals surface area contributed by atoms with Crippen LogP contribution in [0.1, 0.15) is 74.6 Å². The topological polar surface area (TPSA) is 162 Å². The number of methoxy groups -OCH3 is 1. The fourth-order valence-electron chi connectivity index (χ4n) is 5.93. The highest BCUT2D eigenvalue weighted by Crippen LogP contribution is 2.39. The van der Waals surface area contributed by atoms with E-state index < -0.39 is 23.9 Å². The minimum Gasteiger partial charge on any atom is -0.480 e. The van der Waals surface area contributed by atoms with E-state index in [1.54, 1.807) is 84.7 Å². The van der Waals surface area contributed by atoms with Gasteiger partial charge in [0.05, 0.1) is 35.0 Å². The van der Waals surface area contributed by atoms with Crippen LogP contribution in [0, 0.1) is 5.41 Å². The first kappa shape index (κ1) is 30.7. The number of hydrogen-bond acceptors (Lipinski definition) is 11. The Kier molecular flexibility index (Phi) is 8.11. The predicted molar refractivity (Wildman–Crippen MR) is 176 cm³/mol. The normalized spacial score (nSPS) is 16.5. The highest BCUT2D eigenvalue weighted by molar-refractivity contribution is 6.34. The Hall–Kier alpha value is -5.95. The maximum atomic E-state index is 13.6. The highest BCUT2D eigenvalue weighted by atomic mass is 16.5. The minimum absolute atomic E-state index is 0.00271. The molecule has 0 unspecified atom stereocenters. The van der Waals surface area contributed by atoms with Crippen LogP contribution < -0.4 is 15.0 Å². The quantitative estimate of drug-likeness (QED) is 0.119. The molecular weight excluding hydrogens is 614 g/mol. The number of hydrogen-bond donors (Lipinski definition) is 2. The molecule has 0 spiro atoms. The van der Waals surface area contributed by atoms with Crippen LogP contribution in [0.5, 0.6) is 5.75 Å². The molecule has 0 aliphatic carbocycles. The van der Waals surface area contributed by atoms with Gasteiger partial charge in [-0.05, 0) is 74.7 Å². The fraction of sp³-hybridized carbons (Fsp3) is 0.229. The molecule has 7 rings (SSSR count). The summed E-state index contributed by atoms with van der Waals surface area (Å²) in [6.45, 7) is 2.41. The number of carbonyl (C=O) groups excluding carboxylic acids is 3. The van der Waals surface area contributed by atoms with Crippen LogP contribution in [0.2, 0.25) is 0 Å². The van der Waals surface area contributed by atoms with Gasteiger partial charge in [-0.3, -0.25) is 9.59 Å². The van der Waals surface area contributed by atoms with E-state index in [1.807, 2.05) is 0 Å². The third kappa shape index (κ3) is 5.53. The summed E-state index contributed by atoms with van der Waals surface area (Å²) < 4.78 is 19.0. The maximum absolute atomic E-state index is 13.6. The smallest absolute Gasteiger partial charge is 0.337 e. The summed E-state index contributed by atoms with van der Waals surface area (Å²) in [6.07, 6.45) is 6.32. The number of ether oxygens (including phenoxy) is 3. The van der Waals surface area contributed by atoms with E-state index >= 15 is 0 Å². The van der Waals surface area contributed by atoms with Gasteiger partial charge >= 0.3 is 5.97 Å². The summed E-state index contributed by atoms with van der Waals surface area (Å²) >= 11 is 0. The van der Waals surface area contributed by atoms with Gasteiger partial charge in [0.2, 0.25) is 0 Å². The van der Waals surface area contributed by atoms with Crippen LogP contribution in [0.3, 0.4) is 0 Å². The average molecular weight is 646 g/mol. The molecule has 1 fully saturated rings. The van der Waals surface area contributed by atoms with E-state index in [4.69, 9.17) is 29.6 Å². The Bertz CT molecular complexity index is 2040. The third-order valence-corrected chi connectivity index (χ3v) is 8.32. The highest BCUT2D eigenvalue weighted by Gasteiger charge is 2.39. The largest absolute Gasteiger partial charge is 0.480 e. The molecule has 2 aliphatic heterocycles. The summed E-state index contributed by atoms with van der Waals surface area (Å²) in [5.74, 6) is -1.04. The lowest BCUT2D eigenvalue weighted by atomic mass is 10.1. The van der Waals surface area contributed by atoms with Crippen molar-refractivity contribution in [3.8, 4) is 11.4 Å². The Morgan fingerprint density at radius 1 is 1.06 bits per heavy atom. The summed E-state index contributed by atoms with van der Waals surface area (Å²) in [5, 5.41) is 16.4. The minimum atomic E-state index is -0.797. The zero-order chi connectivity index (χ0) is 33.4. The molecule has 2 N–H and O–H groups in total. The van der Waals surface area contributed by atoms with Crippen LogP contribution in [0.25, 0.3) is 16.6 Å². The van der Waals surface area contributed by atoms with E-state index in [1.165, 1.54) is 13.3 Å². The predicted octanol–water partition coefficient (Wildman–Crippen LogP) is 5.48. The average Bonchev–Trinajstić information content (AvgIpc) is 3.74. The summed E-state index contributed by atoms with van der Waals surface area (Å²) in [5.41, 5.74) is 2.79. The molecule has 242 valence electrons.